The Balaban J connectivity index is 1.37. The number of benzene rings is 1. The molecule has 212 valence electrons. The van der Waals surface area contributed by atoms with Gasteiger partial charge < -0.3 is 36.0 Å². The summed E-state index contributed by atoms with van der Waals surface area (Å²) in [5.74, 6) is -0.892. The van der Waals surface area contributed by atoms with Crippen molar-refractivity contribution in [2.75, 3.05) is 61.3 Å². The van der Waals surface area contributed by atoms with Gasteiger partial charge in [0.1, 0.15) is 11.9 Å². The van der Waals surface area contributed by atoms with E-state index >= 15 is 0 Å². The second-order valence-electron chi connectivity index (χ2n) is 10.7. The molecule has 5 N–H and O–H groups in total. The molecular formula is C26H34F3N7O3. The first-order valence-electron chi connectivity index (χ1n) is 13.2. The van der Waals surface area contributed by atoms with Gasteiger partial charge in [0.05, 0.1) is 0 Å². The number of piperidine rings is 1. The predicted octanol–water partition coefficient (Wildman–Crippen LogP) is 2.49. The minimum Gasteiger partial charge on any atom is -0.480 e. The van der Waals surface area contributed by atoms with Gasteiger partial charge in [-0.2, -0.15) is 23.1 Å². The number of hydrogen-bond acceptors (Lipinski definition) is 9. The van der Waals surface area contributed by atoms with Crippen LogP contribution in [0.5, 0.6) is 5.88 Å². The lowest BCUT2D eigenvalue weighted by Crippen LogP contribution is -2.44. The Morgan fingerprint density at radius 3 is 2.51 bits per heavy atom. The Morgan fingerprint density at radius 2 is 1.87 bits per heavy atom. The Bertz CT molecular complexity index is 1200. The van der Waals surface area contributed by atoms with Crippen LogP contribution in [0.25, 0.3) is 0 Å². The zero-order chi connectivity index (χ0) is 27.8. The molecule has 0 aliphatic carbocycles. The molecule has 2 aromatic rings. The monoisotopic (exact) mass is 549 g/mol. The van der Waals surface area contributed by atoms with E-state index < -0.39 is 24.3 Å². The number of carboxylic acid groups (broad SMARTS) is 1. The van der Waals surface area contributed by atoms with Crippen LogP contribution in [-0.4, -0.2) is 79.1 Å². The van der Waals surface area contributed by atoms with Crippen molar-refractivity contribution in [2.45, 2.75) is 44.5 Å². The average molecular weight is 550 g/mol. The fourth-order valence-corrected chi connectivity index (χ4v) is 5.82. The van der Waals surface area contributed by atoms with Gasteiger partial charge in [-0.25, -0.2) is 0 Å². The van der Waals surface area contributed by atoms with E-state index in [1.54, 1.807) is 12.1 Å². The molecule has 39 heavy (non-hydrogen) atoms. The van der Waals surface area contributed by atoms with E-state index in [9.17, 15) is 23.1 Å². The highest BCUT2D eigenvalue weighted by atomic mass is 19.4. The lowest BCUT2D eigenvalue weighted by Gasteiger charge is -2.39. The Kier molecular flexibility index (Phi) is 7.47. The number of carbonyl (C=O) groups is 1. The van der Waals surface area contributed by atoms with E-state index in [4.69, 9.17) is 10.5 Å². The average Bonchev–Trinajstić information content (AvgIpc) is 3.31. The number of hydrogen-bond donors (Lipinski definition) is 4. The molecule has 0 radical (unpaired) electrons. The summed E-state index contributed by atoms with van der Waals surface area (Å²) in [6, 6.07) is 5.73. The molecule has 1 spiro atoms. The first-order valence-corrected chi connectivity index (χ1v) is 13.2. The first kappa shape index (κ1) is 27.3. The van der Waals surface area contributed by atoms with Crippen LogP contribution >= 0.6 is 0 Å². The van der Waals surface area contributed by atoms with Gasteiger partial charge >= 0.3 is 12.1 Å². The molecule has 5 rings (SSSR count). The number of nitrogens with one attached hydrogen (secondary N) is 2. The predicted molar refractivity (Wildman–Crippen MR) is 140 cm³/mol. The molecule has 1 aromatic carbocycles. The van der Waals surface area contributed by atoms with Gasteiger partial charge in [-0.1, -0.05) is 12.1 Å². The van der Waals surface area contributed by atoms with E-state index in [1.807, 2.05) is 16.7 Å². The number of aliphatic carboxylic acids is 1. The highest BCUT2D eigenvalue weighted by molar-refractivity contribution is 5.74. The van der Waals surface area contributed by atoms with Crippen molar-refractivity contribution in [2.24, 2.45) is 5.41 Å². The fourth-order valence-electron chi connectivity index (χ4n) is 5.82. The lowest BCUT2D eigenvalue weighted by atomic mass is 9.76. The van der Waals surface area contributed by atoms with E-state index in [0.29, 0.717) is 63.7 Å². The van der Waals surface area contributed by atoms with Gasteiger partial charge in [0.25, 0.3) is 0 Å². The van der Waals surface area contributed by atoms with Crippen LogP contribution in [0.15, 0.2) is 24.3 Å². The van der Waals surface area contributed by atoms with Crippen molar-refractivity contribution < 1.29 is 27.8 Å². The molecular weight excluding hydrogens is 515 g/mol. The molecule has 3 aliphatic rings. The normalized spacial score (nSPS) is 22.2. The summed E-state index contributed by atoms with van der Waals surface area (Å²) in [6.07, 6.45) is -4.94. The minimum absolute atomic E-state index is 0.0235. The Morgan fingerprint density at radius 1 is 1.15 bits per heavy atom. The molecule has 3 saturated heterocycles. The van der Waals surface area contributed by atoms with Crippen LogP contribution in [0.4, 0.5) is 30.6 Å². The van der Waals surface area contributed by atoms with E-state index in [0.717, 1.165) is 18.4 Å². The number of piperazine rings is 1. The molecule has 2 atom stereocenters. The SMILES string of the molecule is Cc1ccc([C@@H](Oc2cc(N3CCC4(CC3)CN[C@H](C(=O)O)C4)nc(N)n2)C(F)(F)F)c(N2CCNCC2)c1. The standard InChI is InChI=1S/C26H34F3N7O3/c1-16-2-3-17(19(12-16)35-10-6-31-7-11-35)22(26(27,28)29)39-21-13-20(33-24(30)34-21)36-8-4-25(5-9-36)14-18(23(37)38)32-15-25/h2-3,12-13,18,22,31-32H,4-11,14-15H2,1H3,(H,37,38)(H2,30,33,34)/t18-,22+/m0/s1. The molecule has 13 heteroatoms. The van der Waals surface area contributed by atoms with Gasteiger partial charge in [0, 0.05) is 63.1 Å². The number of halogens is 3. The summed E-state index contributed by atoms with van der Waals surface area (Å²) in [5, 5.41) is 15.6. The number of aryl methyl sites for hydroxylation is 1. The van der Waals surface area contributed by atoms with Crippen molar-refractivity contribution in [3.8, 4) is 5.88 Å². The maximum atomic E-state index is 14.5. The van der Waals surface area contributed by atoms with Crippen molar-refractivity contribution in [1.82, 2.24) is 20.6 Å². The van der Waals surface area contributed by atoms with Crippen molar-refractivity contribution in [1.29, 1.82) is 0 Å². The van der Waals surface area contributed by atoms with E-state index in [-0.39, 0.29) is 22.8 Å². The highest BCUT2D eigenvalue weighted by Crippen LogP contribution is 2.43. The fraction of sp³-hybridized carbons (Fsp3) is 0.577. The summed E-state index contributed by atoms with van der Waals surface area (Å²) in [4.78, 5) is 23.5. The zero-order valence-corrected chi connectivity index (χ0v) is 21.8. The second kappa shape index (κ2) is 10.7. The molecule has 0 saturated carbocycles. The minimum atomic E-state index is -4.70. The quantitative estimate of drug-likeness (QED) is 0.427. The lowest BCUT2D eigenvalue weighted by molar-refractivity contribution is -0.198. The largest absolute Gasteiger partial charge is 0.480 e. The third kappa shape index (κ3) is 5.98. The summed E-state index contributed by atoms with van der Waals surface area (Å²) in [5.41, 5.74) is 7.18. The number of carboxylic acids is 1. The Hall–Kier alpha value is -3.32. The Labute approximate surface area is 224 Å². The van der Waals surface area contributed by atoms with Crippen molar-refractivity contribution in [3.63, 3.8) is 0 Å². The third-order valence-corrected chi connectivity index (χ3v) is 7.98. The molecule has 3 fully saturated rings. The van der Waals surface area contributed by atoms with Crippen LogP contribution in [0.2, 0.25) is 0 Å². The second-order valence-corrected chi connectivity index (χ2v) is 10.7. The first-order chi connectivity index (χ1) is 18.5. The molecule has 1 aromatic heterocycles. The van der Waals surface area contributed by atoms with Gasteiger partial charge in [-0.15, -0.1) is 0 Å². The smallest absolute Gasteiger partial charge is 0.429 e. The molecule has 0 unspecified atom stereocenters. The number of nitrogen functional groups attached to an aromatic ring is 1. The zero-order valence-electron chi connectivity index (χ0n) is 21.8. The molecule has 4 heterocycles. The van der Waals surface area contributed by atoms with E-state index in [1.165, 1.54) is 12.1 Å². The number of nitrogens with two attached hydrogens (primary N) is 1. The van der Waals surface area contributed by atoms with Crippen LogP contribution in [0, 0.1) is 12.3 Å². The number of anilines is 3. The van der Waals surface area contributed by atoms with Crippen LogP contribution < -0.4 is 30.9 Å². The van der Waals surface area contributed by atoms with Gasteiger partial charge in [0.15, 0.2) is 0 Å². The summed E-state index contributed by atoms with van der Waals surface area (Å²) in [7, 11) is 0. The highest BCUT2D eigenvalue weighted by Gasteiger charge is 2.46. The van der Waals surface area contributed by atoms with Crippen LogP contribution in [-0.2, 0) is 4.79 Å². The molecule has 0 bridgehead atoms. The van der Waals surface area contributed by atoms with E-state index in [2.05, 4.69) is 20.6 Å². The summed E-state index contributed by atoms with van der Waals surface area (Å²) >= 11 is 0. The summed E-state index contributed by atoms with van der Waals surface area (Å²) < 4.78 is 49.0. The number of nitrogens with zero attached hydrogens (tertiary/aromatic N) is 4. The number of rotatable bonds is 6. The van der Waals surface area contributed by atoms with Gasteiger partial charge in [-0.3, -0.25) is 4.79 Å². The molecule has 10 nitrogen and oxygen atoms in total. The number of alkyl halides is 3. The van der Waals surface area contributed by atoms with Crippen molar-refractivity contribution in [3.05, 3.63) is 35.4 Å². The number of ether oxygens (including phenoxy) is 1. The van der Waals surface area contributed by atoms with Gasteiger partial charge in [0.2, 0.25) is 17.9 Å². The maximum absolute atomic E-state index is 14.5. The maximum Gasteiger partial charge on any atom is 0.429 e. The molecule has 3 aliphatic heterocycles. The van der Waals surface area contributed by atoms with Crippen LogP contribution in [0.1, 0.15) is 36.5 Å². The number of aromatic nitrogens is 2. The summed E-state index contributed by atoms with van der Waals surface area (Å²) in [6.45, 7) is 6.15. The third-order valence-electron chi connectivity index (χ3n) is 7.98. The van der Waals surface area contributed by atoms with Crippen LogP contribution in [0.3, 0.4) is 0 Å². The topological polar surface area (TPSA) is 129 Å². The van der Waals surface area contributed by atoms with Crippen molar-refractivity contribution >= 4 is 23.4 Å². The molecule has 0 amide bonds. The van der Waals surface area contributed by atoms with Gasteiger partial charge in [-0.05, 0) is 43.2 Å².